The van der Waals surface area contributed by atoms with Gasteiger partial charge in [0.15, 0.2) is 0 Å². The number of anilines is 1. The van der Waals surface area contributed by atoms with Gasteiger partial charge in [-0.1, -0.05) is 6.42 Å². The molecular formula is C15H24ClN3O3S. The normalized spacial score (nSPS) is 19.5. The fourth-order valence-electron chi connectivity index (χ4n) is 2.84. The summed E-state index contributed by atoms with van der Waals surface area (Å²) in [4.78, 5) is 26.4. The summed E-state index contributed by atoms with van der Waals surface area (Å²) in [6, 6.07) is 2.00. The molecule has 0 saturated carbocycles. The van der Waals surface area contributed by atoms with Gasteiger partial charge in [0.25, 0.3) is 0 Å². The molecule has 1 aliphatic heterocycles. The lowest BCUT2D eigenvalue weighted by molar-refractivity contribution is -0.118. The molecule has 1 aromatic heterocycles. The molecule has 3 N–H and O–H groups in total. The standard InChI is InChI=1S/C15H23N3O3S.ClH/c1-10(16)12-5-3-4-7-18(12)9-13(19)17-11-6-8-22-14(11)15(20)21-2;/h6,8,10,12H,3-5,7,9,16H2,1-2H3,(H,17,19);1H. The number of nitrogens with zero attached hydrogens (tertiary/aromatic N) is 1. The van der Waals surface area contributed by atoms with Gasteiger partial charge < -0.3 is 15.8 Å². The van der Waals surface area contributed by atoms with Crippen LogP contribution in [0.3, 0.4) is 0 Å². The van der Waals surface area contributed by atoms with E-state index < -0.39 is 5.97 Å². The highest BCUT2D eigenvalue weighted by molar-refractivity contribution is 7.12. The summed E-state index contributed by atoms with van der Waals surface area (Å²) in [5.74, 6) is -0.562. The third-order valence-electron chi connectivity index (χ3n) is 3.93. The Morgan fingerprint density at radius 1 is 1.52 bits per heavy atom. The van der Waals surface area contributed by atoms with E-state index in [2.05, 4.69) is 10.2 Å². The van der Waals surface area contributed by atoms with Gasteiger partial charge in [-0.05, 0) is 37.8 Å². The minimum Gasteiger partial charge on any atom is -0.465 e. The molecule has 1 fully saturated rings. The second kappa shape index (κ2) is 9.22. The number of ether oxygens (including phenoxy) is 1. The van der Waals surface area contributed by atoms with Gasteiger partial charge >= 0.3 is 5.97 Å². The number of likely N-dealkylation sites (tertiary alicyclic amines) is 1. The zero-order valence-corrected chi connectivity index (χ0v) is 15.0. The van der Waals surface area contributed by atoms with Crippen molar-refractivity contribution in [1.82, 2.24) is 4.90 Å². The van der Waals surface area contributed by atoms with Crippen LogP contribution in [-0.4, -0.2) is 49.1 Å². The van der Waals surface area contributed by atoms with Gasteiger partial charge in [-0.25, -0.2) is 4.79 Å². The molecule has 1 saturated heterocycles. The van der Waals surface area contributed by atoms with Crippen molar-refractivity contribution >= 4 is 41.3 Å². The first kappa shape index (κ1) is 19.9. The minimum absolute atomic E-state index is 0. The molecule has 1 aliphatic rings. The Morgan fingerprint density at radius 3 is 2.91 bits per heavy atom. The summed E-state index contributed by atoms with van der Waals surface area (Å²) in [6.45, 7) is 3.16. The number of hydrogen-bond acceptors (Lipinski definition) is 6. The molecule has 1 aromatic rings. The first-order chi connectivity index (χ1) is 10.5. The summed E-state index contributed by atoms with van der Waals surface area (Å²) >= 11 is 1.25. The third kappa shape index (κ3) is 5.17. The molecule has 2 atom stereocenters. The lowest BCUT2D eigenvalue weighted by Gasteiger charge is -2.37. The van der Waals surface area contributed by atoms with Crippen LogP contribution in [0.5, 0.6) is 0 Å². The number of piperidine rings is 1. The summed E-state index contributed by atoms with van der Waals surface area (Å²) in [5.41, 5.74) is 6.53. The van der Waals surface area contributed by atoms with E-state index in [-0.39, 0.29) is 30.4 Å². The van der Waals surface area contributed by atoms with Crippen LogP contribution in [0.4, 0.5) is 5.69 Å². The second-order valence-electron chi connectivity index (χ2n) is 5.60. The van der Waals surface area contributed by atoms with Crippen molar-refractivity contribution in [3.05, 3.63) is 16.3 Å². The van der Waals surface area contributed by atoms with Crippen molar-refractivity contribution in [2.75, 3.05) is 25.5 Å². The topological polar surface area (TPSA) is 84.7 Å². The smallest absolute Gasteiger partial charge is 0.350 e. The van der Waals surface area contributed by atoms with Crippen LogP contribution >= 0.6 is 23.7 Å². The van der Waals surface area contributed by atoms with Crippen molar-refractivity contribution in [2.24, 2.45) is 5.73 Å². The minimum atomic E-state index is -0.434. The summed E-state index contributed by atoms with van der Waals surface area (Å²) < 4.78 is 4.71. The highest BCUT2D eigenvalue weighted by Crippen LogP contribution is 2.24. The van der Waals surface area contributed by atoms with E-state index in [0.29, 0.717) is 17.1 Å². The van der Waals surface area contributed by atoms with E-state index in [4.69, 9.17) is 10.5 Å². The molecule has 0 bridgehead atoms. The average Bonchev–Trinajstić information content (AvgIpc) is 2.94. The van der Waals surface area contributed by atoms with Gasteiger partial charge in [-0.15, -0.1) is 23.7 Å². The van der Waals surface area contributed by atoms with E-state index in [1.54, 1.807) is 11.4 Å². The SMILES string of the molecule is COC(=O)c1sccc1NC(=O)CN1CCCCC1C(C)N.Cl. The number of amides is 1. The Hall–Kier alpha value is -1.15. The Morgan fingerprint density at radius 2 is 2.26 bits per heavy atom. The molecule has 0 aliphatic carbocycles. The summed E-state index contributed by atoms with van der Waals surface area (Å²) in [5, 5.41) is 4.56. The molecule has 0 spiro atoms. The molecule has 2 unspecified atom stereocenters. The van der Waals surface area contributed by atoms with E-state index >= 15 is 0 Å². The van der Waals surface area contributed by atoms with E-state index in [0.717, 1.165) is 25.8 Å². The van der Waals surface area contributed by atoms with Gasteiger partial charge in [0.05, 0.1) is 19.3 Å². The van der Waals surface area contributed by atoms with E-state index in [1.807, 2.05) is 6.92 Å². The van der Waals surface area contributed by atoms with Crippen LogP contribution < -0.4 is 11.1 Å². The number of methoxy groups -OCH3 is 1. The van der Waals surface area contributed by atoms with Crippen LogP contribution in [0, 0.1) is 0 Å². The van der Waals surface area contributed by atoms with Crippen LogP contribution in [-0.2, 0) is 9.53 Å². The van der Waals surface area contributed by atoms with Gasteiger partial charge in [0.2, 0.25) is 5.91 Å². The third-order valence-corrected chi connectivity index (χ3v) is 4.82. The number of carbonyl (C=O) groups is 2. The average molecular weight is 362 g/mol. The number of halogens is 1. The molecule has 8 heteroatoms. The zero-order valence-electron chi connectivity index (χ0n) is 13.4. The second-order valence-corrected chi connectivity index (χ2v) is 6.51. The Balaban J connectivity index is 0.00000264. The largest absolute Gasteiger partial charge is 0.465 e. The summed E-state index contributed by atoms with van der Waals surface area (Å²) in [7, 11) is 1.33. The Bertz CT molecular complexity index is 536. The fourth-order valence-corrected chi connectivity index (χ4v) is 3.61. The maximum atomic E-state index is 12.3. The molecule has 0 aromatic carbocycles. The van der Waals surface area contributed by atoms with Gasteiger partial charge in [0, 0.05) is 12.1 Å². The first-order valence-corrected chi connectivity index (χ1v) is 8.36. The molecule has 23 heavy (non-hydrogen) atoms. The number of nitrogens with two attached hydrogens (primary N) is 1. The van der Waals surface area contributed by atoms with Crippen molar-refractivity contribution < 1.29 is 14.3 Å². The van der Waals surface area contributed by atoms with Crippen LogP contribution in [0.25, 0.3) is 0 Å². The highest BCUT2D eigenvalue weighted by atomic mass is 35.5. The number of esters is 1. The maximum absolute atomic E-state index is 12.3. The molecular weight excluding hydrogens is 338 g/mol. The number of thiophene rings is 1. The predicted molar refractivity (Wildman–Crippen MR) is 94.4 cm³/mol. The monoisotopic (exact) mass is 361 g/mol. The van der Waals surface area contributed by atoms with Crippen molar-refractivity contribution in [2.45, 2.75) is 38.3 Å². The summed E-state index contributed by atoms with van der Waals surface area (Å²) in [6.07, 6.45) is 3.26. The molecule has 1 amide bonds. The van der Waals surface area contributed by atoms with Crippen molar-refractivity contribution in [3.8, 4) is 0 Å². The highest BCUT2D eigenvalue weighted by Gasteiger charge is 2.27. The lowest BCUT2D eigenvalue weighted by atomic mass is 9.97. The Labute approximate surface area is 146 Å². The maximum Gasteiger partial charge on any atom is 0.350 e. The van der Waals surface area contributed by atoms with Crippen LogP contribution in [0.2, 0.25) is 0 Å². The number of rotatable bonds is 5. The predicted octanol–water partition coefficient (Wildman–Crippen LogP) is 2.10. The molecule has 130 valence electrons. The molecule has 2 heterocycles. The first-order valence-electron chi connectivity index (χ1n) is 7.48. The van der Waals surface area contributed by atoms with Gasteiger partial charge in [0.1, 0.15) is 4.88 Å². The van der Waals surface area contributed by atoms with Crippen LogP contribution in [0.15, 0.2) is 11.4 Å². The van der Waals surface area contributed by atoms with E-state index in [1.165, 1.54) is 18.4 Å². The zero-order chi connectivity index (χ0) is 16.1. The molecule has 2 rings (SSSR count). The lowest BCUT2D eigenvalue weighted by Crippen LogP contribution is -2.51. The Kier molecular flexibility index (Phi) is 7.98. The van der Waals surface area contributed by atoms with Crippen LogP contribution in [0.1, 0.15) is 35.9 Å². The van der Waals surface area contributed by atoms with Crippen molar-refractivity contribution in [3.63, 3.8) is 0 Å². The van der Waals surface area contributed by atoms with Gasteiger partial charge in [-0.3, -0.25) is 9.69 Å². The van der Waals surface area contributed by atoms with Gasteiger partial charge in [-0.2, -0.15) is 0 Å². The molecule has 0 radical (unpaired) electrons. The quantitative estimate of drug-likeness (QED) is 0.784. The van der Waals surface area contributed by atoms with Crippen molar-refractivity contribution in [1.29, 1.82) is 0 Å². The fraction of sp³-hybridized carbons (Fsp3) is 0.600. The number of hydrogen-bond donors (Lipinski definition) is 2. The number of carbonyl (C=O) groups excluding carboxylic acids is 2. The van der Waals surface area contributed by atoms with E-state index in [9.17, 15) is 9.59 Å². The molecule has 6 nitrogen and oxygen atoms in total. The number of nitrogens with one attached hydrogen (secondary N) is 1.